The summed E-state index contributed by atoms with van der Waals surface area (Å²) >= 11 is 6.14. The first-order valence-electron chi connectivity index (χ1n) is 7.54. The van der Waals surface area contributed by atoms with Crippen LogP contribution in [0.2, 0.25) is 5.02 Å². The third-order valence-electron chi connectivity index (χ3n) is 3.65. The van der Waals surface area contributed by atoms with Crippen molar-refractivity contribution in [3.8, 4) is 11.5 Å². The van der Waals surface area contributed by atoms with Crippen molar-refractivity contribution in [3.63, 3.8) is 0 Å². The molecule has 4 heteroatoms. The standard InChI is InChI=1S/C20H13ClN2O/c21-17-9-5-4-8-15(17)13-22-16-10-11-19-18(12-16)23-20(24-19)14-6-2-1-3-7-14/h1-13H. The smallest absolute Gasteiger partial charge is 0.227 e. The Morgan fingerprint density at radius 3 is 2.54 bits per heavy atom. The molecular formula is C20H13ClN2O. The number of aliphatic imine (C=N–C) groups is 1. The molecule has 0 amide bonds. The Balaban J connectivity index is 1.67. The number of nitrogens with zero attached hydrogens (tertiary/aromatic N) is 2. The second-order valence-electron chi connectivity index (χ2n) is 5.32. The minimum atomic E-state index is 0.609. The maximum atomic E-state index is 6.14. The molecule has 0 fully saturated rings. The van der Waals surface area contributed by atoms with E-state index in [4.69, 9.17) is 16.0 Å². The monoisotopic (exact) mass is 332 g/mol. The van der Waals surface area contributed by atoms with Gasteiger partial charge in [-0.15, -0.1) is 0 Å². The Hall–Kier alpha value is -2.91. The number of oxazole rings is 1. The zero-order valence-electron chi connectivity index (χ0n) is 12.7. The summed E-state index contributed by atoms with van der Waals surface area (Å²) in [5.41, 5.74) is 4.16. The van der Waals surface area contributed by atoms with E-state index in [2.05, 4.69) is 9.98 Å². The summed E-state index contributed by atoms with van der Waals surface area (Å²) in [7, 11) is 0. The first-order valence-corrected chi connectivity index (χ1v) is 7.92. The predicted octanol–water partition coefficient (Wildman–Crippen LogP) is 5.90. The predicted molar refractivity (Wildman–Crippen MR) is 98.2 cm³/mol. The molecule has 3 aromatic carbocycles. The fraction of sp³-hybridized carbons (Fsp3) is 0. The molecule has 0 aliphatic carbocycles. The number of rotatable bonds is 3. The Labute approximate surface area is 144 Å². The van der Waals surface area contributed by atoms with Crippen LogP contribution in [0, 0.1) is 0 Å². The van der Waals surface area contributed by atoms with Crippen LogP contribution in [-0.2, 0) is 0 Å². The first kappa shape index (κ1) is 14.7. The van der Waals surface area contributed by atoms with Gasteiger partial charge in [0.2, 0.25) is 5.89 Å². The highest BCUT2D eigenvalue weighted by molar-refractivity contribution is 6.33. The fourth-order valence-corrected chi connectivity index (χ4v) is 2.61. The van der Waals surface area contributed by atoms with Gasteiger partial charge in [-0.25, -0.2) is 4.98 Å². The van der Waals surface area contributed by atoms with Crippen molar-refractivity contribution in [3.05, 3.63) is 83.4 Å². The van der Waals surface area contributed by atoms with Gasteiger partial charge in [-0.05, 0) is 36.4 Å². The average molecular weight is 333 g/mol. The molecular weight excluding hydrogens is 320 g/mol. The van der Waals surface area contributed by atoms with Crippen molar-refractivity contribution < 1.29 is 4.42 Å². The van der Waals surface area contributed by atoms with E-state index in [9.17, 15) is 0 Å². The van der Waals surface area contributed by atoms with Crippen LogP contribution in [0.5, 0.6) is 0 Å². The van der Waals surface area contributed by atoms with Crippen LogP contribution in [0.15, 0.2) is 82.2 Å². The van der Waals surface area contributed by atoms with E-state index in [0.717, 1.165) is 27.9 Å². The van der Waals surface area contributed by atoms with Gasteiger partial charge < -0.3 is 4.42 Å². The van der Waals surface area contributed by atoms with Crippen molar-refractivity contribution in [1.29, 1.82) is 0 Å². The molecule has 3 nitrogen and oxygen atoms in total. The lowest BCUT2D eigenvalue weighted by atomic mass is 10.2. The van der Waals surface area contributed by atoms with Crippen molar-refractivity contribution >= 4 is 34.6 Å². The Morgan fingerprint density at radius 2 is 1.71 bits per heavy atom. The Kier molecular flexibility index (Phi) is 3.85. The molecule has 0 atom stereocenters. The van der Waals surface area contributed by atoms with Gasteiger partial charge in [0.25, 0.3) is 0 Å². The third kappa shape index (κ3) is 2.94. The lowest BCUT2D eigenvalue weighted by molar-refractivity contribution is 0.620. The summed E-state index contributed by atoms with van der Waals surface area (Å²) in [5.74, 6) is 0.609. The number of fused-ring (bicyclic) bond motifs is 1. The van der Waals surface area contributed by atoms with E-state index in [1.165, 1.54) is 0 Å². The maximum Gasteiger partial charge on any atom is 0.227 e. The van der Waals surface area contributed by atoms with Crippen LogP contribution >= 0.6 is 11.6 Å². The minimum absolute atomic E-state index is 0.609. The van der Waals surface area contributed by atoms with Crippen LogP contribution in [0.25, 0.3) is 22.6 Å². The Morgan fingerprint density at radius 1 is 0.917 bits per heavy atom. The van der Waals surface area contributed by atoms with E-state index in [-0.39, 0.29) is 0 Å². The summed E-state index contributed by atoms with van der Waals surface area (Å²) in [5, 5.41) is 0.676. The molecule has 1 aromatic heterocycles. The number of halogens is 1. The van der Waals surface area contributed by atoms with E-state index >= 15 is 0 Å². The SMILES string of the molecule is Clc1ccccc1C=Nc1ccc2oc(-c3ccccc3)nc2c1. The highest BCUT2D eigenvalue weighted by atomic mass is 35.5. The summed E-state index contributed by atoms with van der Waals surface area (Å²) in [6.07, 6.45) is 1.75. The van der Waals surface area contributed by atoms with E-state index in [0.29, 0.717) is 10.9 Å². The number of aromatic nitrogens is 1. The van der Waals surface area contributed by atoms with Gasteiger partial charge in [0.1, 0.15) is 5.52 Å². The molecule has 0 aliphatic heterocycles. The third-order valence-corrected chi connectivity index (χ3v) is 3.99. The van der Waals surface area contributed by atoms with E-state index in [1.54, 1.807) is 6.21 Å². The number of hydrogen-bond donors (Lipinski definition) is 0. The molecule has 0 spiro atoms. The summed E-state index contributed by atoms with van der Waals surface area (Å²) < 4.78 is 5.81. The molecule has 1 heterocycles. The maximum absolute atomic E-state index is 6.14. The summed E-state index contributed by atoms with van der Waals surface area (Å²) in [6, 6.07) is 23.1. The van der Waals surface area contributed by atoms with Gasteiger partial charge in [0.05, 0.1) is 5.69 Å². The second kappa shape index (κ2) is 6.30. The van der Waals surface area contributed by atoms with Gasteiger partial charge >= 0.3 is 0 Å². The van der Waals surface area contributed by atoms with Crippen LogP contribution < -0.4 is 0 Å². The largest absolute Gasteiger partial charge is 0.436 e. The molecule has 116 valence electrons. The van der Waals surface area contributed by atoms with Crippen LogP contribution in [0.4, 0.5) is 5.69 Å². The molecule has 0 saturated heterocycles. The van der Waals surface area contributed by atoms with E-state index < -0.39 is 0 Å². The van der Waals surface area contributed by atoms with Crippen LogP contribution in [0.1, 0.15) is 5.56 Å². The molecule has 0 radical (unpaired) electrons. The van der Waals surface area contributed by atoms with Gasteiger partial charge in [0, 0.05) is 22.4 Å². The molecule has 24 heavy (non-hydrogen) atoms. The highest BCUT2D eigenvalue weighted by Gasteiger charge is 2.08. The van der Waals surface area contributed by atoms with Gasteiger partial charge in [-0.1, -0.05) is 48.0 Å². The van der Waals surface area contributed by atoms with Crippen molar-refractivity contribution in [2.75, 3.05) is 0 Å². The minimum Gasteiger partial charge on any atom is -0.436 e. The van der Waals surface area contributed by atoms with Gasteiger partial charge in [0.15, 0.2) is 5.58 Å². The average Bonchev–Trinajstić information content (AvgIpc) is 3.05. The van der Waals surface area contributed by atoms with Crippen molar-refractivity contribution in [2.45, 2.75) is 0 Å². The number of benzene rings is 3. The van der Waals surface area contributed by atoms with Crippen molar-refractivity contribution in [2.24, 2.45) is 4.99 Å². The zero-order valence-corrected chi connectivity index (χ0v) is 13.4. The quantitative estimate of drug-likeness (QED) is 0.438. The van der Waals surface area contributed by atoms with Crippen LogP contribution in [-0.4, -0.2) is 11.2 Å². The number of hydrogen-bond acceptors (Lipinski definition) is 3. The van der Waals surface area contributed by atoms with E-state index in [1.807, 2.05) is 72.8 Å². The van der Waals surface area contributed by atoms with Gasteiger partial charge in [-0.2, -0.15) is 0 Å². The Bertz CT molecular complexity index is 1020. The van der Waals surface area contributed by atoms with Crippen LogP contribution in [0.3, 0.4) is 0 Å². The topological polar surface area (TPSA) is 38.4 Å². The lowest BCUT2D eigenvalue weighted by Gasteiger charge is -1.96. The lowest BCUT2D eigenvalue weighted by Crippen LogP contribution is -1.81. The molecule has 0 N–H and O–H groups in total. The zero-order chi connectivity index (χ0) is 16.4. The normalized spacial score (nSPS) is 11.4. The van der Waals surface area contributed by atoms with Gasteiger partial charge in [-0.3, -0.25) is 4.99 Å². The molecule has 0 unspecified atom stereocenters. The van der Waals surface area contributed by atoms with Crippen molar-refractivity contribution in [1.82, 2.24) is 4.98 Å². The second-order valence-corrected chi connectivity index (χ2v) is 5.72. The molecule has 0 aliphatic rings. The molecule has 4 rings (SSSR count). The molecule has 0 bridgehead atoms. The first-order chi connectivity index (χ1) is 11.8. The fourth-order valence-electron chi connectivity index (χ4n) is 2.42. The highest BCUT2D eigenvalue weighted by Crippen LogP contribution is 2.27. The molecule has 4 aromatic rings. The summed E-state index contributed by atoms with van der Waals surface area (Å²) in [4.78, 5) is 9.03. The summed E-state index contributed by atoms with van der Waals surface area (Å²) in [6.45, 7) is 0. The molecule has 0 saturated carbocycles.